The number of rotatable bonds is 1. The second-order valence-electron chi connectivity index (χ2n) is 4.32. The first-order valence-corrected chi connectivity index (χ1v) is 5.76. The van der Waals surface area contributed by atoms with Crippen LogP contribution in [0.2, 0.25) is 0 Å². The molecule has 1 aromatic carbocycles. The topological polar surface area (TPSA) is 35.6 Å². The summed E-state index contributed by atoms with van der Waals surface area (Å²) in [6.07, 6.45) is 0. The van der Waals surface area contributed by atoms with Gasteiger partial charge in [-0.2, -0.15) is 0 Å². The molecule has 98 valence electrons. The van der Waals surface area contributed by atoms with Gasteiger partial charge in [-0.3, -0.25) is 0 Å². The van der Waals surface area contributed by atoms with Gasteiger partial charge in [-0.15, -0.1) is 0 Å². The summed E-state index contributed by atoms with van der Waals surface area (Å²) < 4.78 is 26.7. The summed E-state index contributed by atoms with van der Waals surface area (Å²) >= 11 is 0. The number of benzene rings is 1. The van der Waals surface area contributed by atoms with E-state index in [0.717, 1.165) is 25.2 Å². The number of piperazine rings is 1. The molecule has 1 fully saturated rings. The predicted molar refractivity (Wildman–Crippen MR) is 64.4 cm³/mol. The van der Waals surface area contributed by atoms with E-state index in [1.807, 2.05) is 7.05 Å². The summed E-state index contributed by atoms with van der Waals surface area (Å²) in [5.41, 5.74) is -0.388. The second-order valence-corrected chi connectivity index (χ2v) is 4.32. The molecule has 2 rings (SSSR count). The molecule has 0 aromatic heterocycles. The highest BCUT2D eigenvalue weighted by atomic mass is 19.1. The lowest BCUT2D eigenvalue weighted by atomic mass is 10.3. The lowest BCUT2D eigenvalue weighted by molar-refractivity contribution is 0.164. The Kier molecular flexibility index (Phi) is 3.76. The van der Waals surface area contributed by atoms with Gasteiger partial charge in [-0.05, 0) is 19.2 Å². The first-order valence-electron chi connectivity index (χ1n) is 5.76. The zero-order valence-electron chi connectivity index (χ0n) is 10.1. The van der Waals surface area contributed by atoms with Gasteiger partial charge in [-0.25, -0.2) is 13.6 Å². The number of hydrogen-bond donors (Lipinski definition) is 1. The normalized spacial score (nSPS) is 16.7. The maximum absolute atomic E-state index is 13.4. The van der Waals surface area contributed by atoms with Gasteiger partial charge in [0.1, 0.15) is 17.3 Å². The van der Waals surface area contributed by atoms with Gasteiger partial charge in [0.25, 0.3) is 0 Å². The molecule has 1 aliphatic rings. The van der Waals surface area contributed by atoms with Crippen molar-refractivity contribution in [1.82, 2.24) is 9.80 Å². The Hall–Kier alpha value is -1.69. The van der Waals surface area contributed by atoms with Crippen LogP contribution in [-0.2, 0) is 0 Å². The Morgan fingerprint density at radius 3 is 2.28 bits per heavy atom. The van der Waals surface area contributed by atoms with Crippen LogP contribution in [0.15, 0.2) is 18.2 Å². The fourth-order valence-corrected chi connectivity index (χ4v) is 1.81. The first kappa shape index (κ1) is 12.8. The SMILES string of the molecule is CN1CCN(C(=O)Nc2c(F)cccc2F)CC1. The summed E-state index contributed by atoms with van der Waals surface area (Å²) in [5.74, 6) is -1.53. The Morgan fingerprint density at radius 1 is 1.17 bits per heavy atom. The molecule has 1 heterocycles. The minimum atomic E-state index is -0.766. The number of para-hydroxylation sites is 1. The Balaban J connectivity index is 2.03. The van der Waals surface area contributed by atoms with Crippen molar-refractivity contribution in [3.8, 4) is 0 Å². The highest BCUT2D eigenvalue weighted by Crippen LogP contribution is 2.18. The summed E-state index contributed by atoms with van der Waals surface area (Å²) in [4.78, 5) is 15.5. The van der Waals surface area contributed by atoms with Gasteiger partial charge in [0.05, 0.1) is 0 Å². The Labute approximate surface area is 104 Å². The zero-order valence-corrected chi connectivity index (χ0v) is 10.1. The molecule has 0 atom stereocenters. The van der Waals surface area contributed by atoms with Gasteiger partial charge in [0, 0.05) is 26.2 Å². The lowest BCUT2D eigenvalue weighted by Gasteiger charge is -2.32. The van der Waals surface area contributed by atoms with Gasteiger partial charge < -0.3 is 15.1 Å². The number of nitrogens with one attached hydrogen (secondary N) is 1. The predicted octanol–water partition coefficient (Wildman–Crippen LogP) is 1.74. The molecule has 4 nitrogen and oxygen atoms in total. The van der Waals surface area contributed by atoms with Crippen molar-refractivity contribution in [2.45, 2.75) is 0 Å². The monoisotopic (exact) mass is 255 g/mol. The molecule has 0 spiro atoms. The third-order valence-corrected chi connectivity index (χ3v) is 2.99. The molecule has 2 amide bonds. The maximum Gasteiger partial charge on any atom is 0.322 e. The quantitative estimate of drug-likeness (QED) is 0.829. The Morgan fingerprint density at radius 2 is 1.72 bits per heavy atom. The number of nitrogens with zero attached hydrogens (tertiary/aromatic N) is 2. The number of hydrogen-bond acceptors (Lipinski definition) is 2. The lowest BCUT2D eigenvalue weighted by Crippen LogP contribution is -2.48. The second kappa shape index (κ2) is 5.30. The van der Waals surface area contributed by atoms with E-state index in [0.29, 0.717) is 13.1 Å². The molecular formula is C12H15F2N3O. The fraction of sp³-hybridized carbons (Fsp3) is 0.417. The van der Waals surface area contributed by atoms with E-state index in [1.165, 1.54) is 6.07 Å². The molecule has 1 aliphatic heterocycles. The van der Waals surface area contributed by atoms with Crippen molar-refractivity contribution < 1.29 is 13.6 Å². The van der Waals surface area contributed by atoms with Crippen LogP contribution in [0.1, 0.15) is 0 Å². The van der Waals surface area contributed by atoms with Crippen molar-refractivity contribution in [3.05, 3.63) is 29.8 Å². The molecule has 0 saturated carbocycles. The number of amides is 2. The summed E-state index contributed by atoms with van der Waals surface area (Å²) in [6.45, 7) is 2.62. The summed E-state index contributed by atoms with van der Waals surface area (Å²) in [7, 11) is 1.96. The third kappa shape index (κ3) is 2.76. The van der Waals surface area contributed by atoms with E-state index in [4.69, 9.17) is 0 Å². The van der Waals surface area contributed by atoms with E-state index in [2.05, 4.69) is 10.2 Å². The number of anilines is 1. The van der Waals surface area contributed by atoms with Gasteiger partial charge in [0.15, 0.2) is 0 Å². The average Bonchev–Trinajstić information content (AvgIpc) is 2.34. The van der Waals surface area contributed by atoms with E-state index in [9.17, 15) is 13.6 Å². The van der Waals surface area contributed by atoms with Crippen molar-refractivity contribution >= 4 is 11.7 Å². The third-order valence-electron chi connectivity index (χ3n) is 2.99. The van der Waals surface area contributed by atoms with Crippen LogP contribution in [0.25, 0.3) is 0 Å². The van der Waals surface area contributed by atoms with Crippen LogP contribution in [-0.4, -0.2) is 49.1 Å². The fourth-order valence-electron chi connectivity index (χ4n) is 1.81. The molecule has 6 heteroatoms. The molecule has 0 bridgehead atoms. The highest BCUT2D eigenvalue weighted by molar-refractivity contribution is 5.89. The van der Waals surface area contributed by atoms with Crippen LogP contribution in [0, 0.1) is 11.6 Å². The average molecular weight is 255 g/mol. The summed E-state index contributed by atoms with van der Waals surface area (Å²) in [6, 6.07) is 3.02. The van der Waals surface area contributed by atoms with Gasteiger partial charge in [-0.1, -0.05) is 6.07 Å². The molecule has 0 radical (unpaired) electrons. The van der Waals surface area contributed by atoms with Crippen molar-refractivity contribution in [2.75, 3.05) is 38.5 Å². The van der Waals surface area contributed by atoms with Crippen LogP contribution in [0.5, 0.6) is 0 Å². The van der Waals surface area contributed by atoms with Gasteiger partial charge >= 0.3 is 6.03 Å². The minimum Gasteiger partial charge on any atom is -0.322 e. The van der Waals surface area contributed by atoms with Gasteiger partial charge in [0.2, 0.25) is 0 Å². The largest absolute Gasteiger partial charge is 0.322 e. The van der Waals surface area contributed by atoms with Crippen molar-refractivity contribution in [2.24, 2.45) is 0 Å². The molecule has 18 heavy (non-hydrogen) atoms. The standard InChI is InChI=1S/C12H15F2N3O/c1-16-5-7-17(8-6-16)12(18)15-11-9(13)3-2-4-10(11)14/h2-4H,5-8H2,1H3,(H,15,18). The number of carbonyl (C=O) groups excluding carboxylic acids is 1. The van der Waals surface area contributed by atoms with Crippen LogP contribution < -0.4 is 5.32 Å². The number of urea groups is 1. The smallest absolute Gasteiger partial charge is 0.322 e. The van der Waals surface area contributed by atoms with E-state index in [-0.39, 0.29) is 5.69 Å². The van der Waals surface area contributed by atoms with Crippen LogP contribution in [0.4, 0.5) is 19.3 Å². The van der Waals surface area contributed by atoms with Crippen molar-refractivity contribution in [3.63, 3.8) is 0 Å². The molecule has 1 aromatic rings. The minimum absolute atomic E-state index is 0.388. The van der Waals surface area contributed by atoms with E-state index < -0.39 is 17.7 Å². The molecule has 0 unspecified atom stereocenters. The Bertz CT molecular complexity index is 425. The molecule has 1 saturated heterocycles. The maximum atomic E-state index is 13.4. The molecular weight excluding hydrogens is 240 g/mol. The number of halogens is 2. The van der Waals surface area contributed by atoms with Crippen LogP contribution >= 0.6 is 0 Å². The molecule has 0 aliphatic carbocycles. The molecule has 1 N–H and O–H groups in total. The van der Waals surface area contributed by atoms with Crippen molar-refractivity contribution in [1.29, 1.82) is 0 Å². The number of likely N-dealkylation sites (N-methyl/N-ethyl adjacent to an activating group) is 1. The summed E-state index contributed by atoms with van der Waals surface area (Å²) in [5, 5.41) is 2.28. The number of carbonyl (C=O) groups is 1. The van der Waals surface area contributed by atoms with E-state index >= 15 is 0 Å². The van der Waals surface area contributed by atoms with Crippen LogP contribution in [0.3, 0.4) is 0 Å². The highest BCUT2D eigenvalue weighted by Gasteiger charge is 2.21. The first-order chi connectivity index (χ1) is 8.58. The van der Waals surface area contributed by atoms with E-state index in [1.54, 1.807) is 4.90 Å². The zero-order chi connectivity index (χ0) is 13.1.